The molecule has 0 aliphatic heterocycles. The third kappa shape index (κ3) is 5.23. The van der Waals surface area contributed by atoms with Gasteiger partial charge in [-0.25, -0.2) is 24.1 Å². The van der Waals surface area contributed by atoms with Crippen molar-refractivity contribution in [2.75, 3.05) is 12.0 Å². The van der Waals surface area contributed by atoms with E-state index in [4.69, 9.17) is 9.47 Å². The summed E-state index contributed by atoms with van der Waals surface area (Å²) >= 11 is 1.33. The van der Waals surface area contributed by atoms with Crippen molar-refractivity contribution in [3.63, 3.8) is 0 Å². The van der Waals surface area contributed by atoms with E-state index in [1.54, 1.807) is 40.1 Å². The Hall–Kier alpha value is -4.42. The van der Waals surface area contributed by atoms with Crippen molar-refractivity contribution in [1.82, 2.24) is 19.9 Å². The van der Waals surface area contributed by atoms with Crippen LogP contribution in [0.15, 0.2) is 48.9 Å². The molecule has 0 aliphatic rings. The molecule has 40 heavy (non-hydrogen) atoms. The highest BCUT2D eigenvalue weighted by Crippen LogP contribution is 2.38. The van der Waals surface area contributed by atoms with Crippen LogP contribution in [-0.4, -0.2) is 55.5 Å². The summed E-state index contributed by atoms with van der Waals surface area (Å²) in [7, 11) is 1.55. The van der Waals surface area contributed by atoms with E-state index in [1.807, 2.05) is 18.2 Å². The highest BCUT2D eigenvalue weighted by molar-refractivity contribution is 7.21. The molecule has 0 spiro atoms. The molecule has 5 rings (SSSR count). The first-order chi connectivity index (χ1) is 19.2. The van der Waals surface area contributed by atoms with Gasteiger partial charge in [0.2, 0.25) is 0 Å². The Morgan fingerprint density at radius 3 is 2.52 bits per heavy atom. The maximum atomic E-state index is 15.2. The van der Waals surface area contributed by atoms with Crippen molar-refractivity contribution in [2.45, 2.75) is 39.5 Å². The highest BCUT2D eigenvalue weighted by atomic mass is 32.1. The van der Waals surface area contributed by atoms with Gasteiger partial charge in [0, 0.05) is 23.1 Å². The van der Waals surface area contributed by atoms with Gasteiger partial charge in [0.05, 0.1) is 59.8 Å². The number of aliphatic hydroxyl groups excluding tert-OH is 1. The number of pyridine rings is 1. The second-order valence-electron chi connectivity index (χ2n) is 9.22. The minimum Gasteiger partial charge on any atom is -0.495 e. The summed E-state index contributed by atoms with van der Waals surface area (Å²) in [6, 6.07) is 7.64. The van der Waals surface area contributed by atoms with E-state index in [9.17, 15) is 15.0 Å². The minimum absolute atomic E-state index is 0.0237. The van der Waals surface area contributed by atoms with E-state index in [0.717, 1.165) is 10.3 Å². The molecule has 0 aliphatic carbocycles. The summed E-state index contributed by atoms with van der Waals surface area (Å²) in [4.78, 5) is 30.4. The molecular formula is C28H26FN5O5S. The number of anilines is 1. The van der Waals surface area contributed by atoms with Gasteiger partial charge in [-0.1, -0.05) is 0 Å². The zero-order valence-corrected chi connectivity index (χ0v) is 22.9. The number of aryl methyl sites for hydroxylation is 1. The molecule has 1 amide bonds. The van der Waals surface area contributed by atoms with Crippen LogP contribution in [0.3, 0.4) is 0 Å². The summed E-state index contributed by atoms with van der Waals surface area (Å²) in [5.41, 5.74) is 2.77. The van der Waals surface area contributed by atoms with Gasteiger partial charge >= 0.3 is 6.09 Å². The Morgan fingerprint density at radius 2 is 1.85 bits per heavy atom. The number of halogens is 1. The topological polar surface area (TPSA) is 131 Å². The Balaban J connectivity index is 1.47. The molecule has 2 N–H and O–H groups in total. The van der Waals surface area contributed by atoms with Gasteiger partial charge in [0.1, 0.15) is 22.7 Å². The van der Waals surface area contributed by atoms with Crippen molar-refractivity contribution in [1.29, 1.82) is 0 Å². The SMILES string of the molecule is COc1cnc2c(-c3nc4cc(F)c(OC(C)C(C)N(C(=O)O)c5cnc(C)nc5)cc4s3)cc(CO)cc2c1. The molecule has 0 radical (unpaired) electrons. The van der Waals surface area contributed by atoms with E-state index >= 15 is 4.39 Å². The number of hydrogen-bond donors (Lipinski definition) is 2. The maximum absolute atomic E-state index is 15.2. The number of carboxylic acid groups (broad SMARTS) is 1. The van der Waals surface area contributed by atoms with E-state index in [-0.39, 0.29) is 18.0 Å². The molecule has 0 saturated carbocycles. The number of carbonyl (C=O) groups is 1. The van der Waals surface area contributed by atoms with Gasteiger partial charge in [-0.2, -0.15) is 0 Å². The van der Waals surface area contributed by atoms with Gasteiger partial charge in [0.15, 0.2) is 11.6 Å². The van der Waals surface area contributed by atoms with Crippen molar-refractivity contribution in [2.24, 2.45) is 0 Å². The van der Waals surface area contributed by atoms with Crippen molar-refractivity contribution in [3.05, 3.63) is 66.1 Å². The van der Waals surface area contributed by atoms with Gasteiger partial charge in [-0.15, -0.1) is 11.3 Å². The fourth-order valence-electron chi connectivity index (χ4n) is 4.33. The van der Waals surface area contributed by atoms with Gasteiger partial charge < -0.3 is 19.7 Å². The molecular weight excluding hydrogens is 537 g/mol. The molecule has 10 nitrogen and oxygen atoms in total. The average Bonchev–Trinajstić information content (AvgIpc) is 3.35. The number of fused-ring (bicyclic) bond motifs is 2. The van der Waals surface area contributed by atoms with Crippen molar-refractivity contribution < 1.29 is 28.9 Å². The fourth-order valence-corrected chi connectivity index (χ4v) is 5.32. The van der Waals surface area contributed by atoms with E-state index in [2.05, 4.69) is 19.9 Å². The largest absolute Gasteiger partial charge is 0.495 e. The van der Waals surface area contributed by atoms with Crippen molar-refractivity contribution in [3.8, 4) is 22.1 Å². The van der Waals surface area contributed by atoms with Crippen molar-refractivity contribution >= 4 is 44.2 Å². The number of hydrogen-bond acceptors (Lipinski definition) is 9. The smallest absolute Gasteiger partial charge is 0.412 e. The van der Waals surface area contributed by atoms with Gasteiger partial charge in [-0.3, -0.25) is 9.88 Å². The molecule has 2 atom stereocenters. The summed E-state index contributed by atoms with van der Waals surface area (Å²) in [6.07, 6.45) is 2.52. The molecule has 3 heterocycles. The predicted octanol–water partition coefficient (Wildman–Crippen LogP) is 5.59. The second-order valence-corrected chi connectivity index (χ2v) is 10.3. The number of ether oxygens (including phenoxy) is 2. The summed E-state index contributed by atoms with van der Waals surface area (Å²) in [5, 5.41) is 21.0. The van der Waals surface area contributed by atoms with Crippen LogP contribution in [0.25, 0.3) is 31.7 Å². The van der Waals surface area contributed by atoms with Crippen LogP contribution in [0.4, 0.5) is 14.9 Å². The lowest BCUT2D eigenvalue weighted by molar-refractivity contribution is 0.167. The summed E-state index contributed by atoms with van der Waals surface area (Å²) in [6.45, 7) is 4.87. The first kappa shape index (κ1) is 27.2. The standard InChI is InChI=1S/C28H26FN5O5S/c1-14(34(28(36)37)19-10-30-16(3)31-11-19)15(2)39-24-9-25-23(8-22(24)29)33-27(40-25)21-6-17(13-35)5-18-7-20(38-4)12-32-26(18)21/h5-12,14-15,35H,13H2,1-4H3,(H,36,37). The minimum atomic E-state index is -1.21. The number of aliphatic hydroxyl groups is 1. The highest BCUT2D eigenvalue weighted by Gasteiger charge is 2.29. The Kier molecular flexibility index (Phi) is 7.46. The quantitative estimate of drug-likeness (QED) is 0.248. The van der Waals surface area contributed by atoms with E-state index < -0.39 is 24.1 Å². The molecule has 3 aromatic heterocycles. The lowest BCUT2D eigenvalue weighted by Gasteiger charge is -2.30. The lowest BCUT2D eigenvalue weighted by atomic mass is 10.1. The number of amides is 1. The molecule has 2 unspecified atom stereocenters. The molecule has 12 heteroatoms. The number of thiazole rings is 1. The molecule has 2 aromatic carbocycles. The van der Waals surface area contributed by atoms with Gasteiger partial charge in [-0.05, 0) is 44.5 Å². The Morgan fingerprint density at radius 1 is 1.10 bits per heavy atom. The zero-order valence-electron chi connectivity index (χ0n) is 22.1. The monoisotopic (exact) mass is 563 g/mol. The van der Waals surface area contributed by atoms with Crippen LogP contribution < -0.4 is 14.4 Å². The number of methoxy groups -OCH3 is 1. The molecule has 206 valence electrons. The normalized spacial score (nSPS) is 12.8. The van der Waals surface area contributed by atoms with Crippen LogP contribution in [0.5, 0.6) is 11.5 Å². The van der Waals surface area contributed by atoms with Crippen LogP contribution in [0, 0.1) is 12.7 Å². The molecule has 5 aromatic rings. The molecule has 0 bridgehead atoms. The number of aromatic nitrogens is 4. The molecule has 0 fully saturated rings. The van der Waals surface area contributed by atoms with Crippen LogP contribution >= 0.6 is 11.3 Å². The fraction of sp³-hybridized carbons (Fsp3) is 0.250. The van der Waals surface area contributed by atoms with Gasteiger partial charge in [0.25, 0.3) is 0 Å². The Bertz CT molecular complexity index is 1710. The van der Waals surface area contributed by atoms with Crippen LogP contribution in [0.2, 0.25) is 0 Å². The molecule has 0 saturated heterocycles. The van der Waals surface area contributed by atoms with Crippen LogP contribution in [-0.2, 0) is 6.61 Å². The number of nitrogens with zero attached hydrogens (tertiary/aromatic N) is 5. The number of rotatable bonds is 8. The third-order valence-corrected chi connectivity index (χ3v) is 7.61. The maximum Gasteiger partial charge on any atom is 0.412 e. The average molecular weight is 564 g/mol. The zero-order chi connectivity index (χ0) is 28.6. The first-order valence-corrected chi connectivity index (χ1v) is 13.2. The lowest BCUT2D eigenvalue weighted by Crippen LogP contribution is -2.46. The number of benzene rings is 2. The summed E-state index contributed by atoms with van der Waals surface area (Å²) < 4.78 is 27.1. The third-order valence-electron chi connectivity index (χ3n) is 6.56. The van der Waals surface area contributed by atoms with E-state index in [0.29, 0.717) is 43.4 Å². The van der Waals surface area contributed by atoms with E-state index in [1.165, 1.54) is 29.8 Å². The summed E-state index contributed by atoms with van der Waals surface area (Å²) in [5.74, 6) is 0.448. The second kappa shape index (κ2) is 11.0. The first-order valence-electron chi connectivity index (χ1n) is 12.3. The Labute approximate surface area is 232 Å². The predicted molar refractivity (Wildman–Crippen MR) is 150 cm³/mol. The van der Waals surface area contributed by atoms with Crippen LogP contribution in [0.1, 0.15) is 25.2 Å².